The van der Waals surface area contributed by atoms with Crippen LogP contribution < -0.4 is 32.7 Å². The molecule has 22 heteroatoms. The fourth-order valence-corrected chi connectivity index (χ4v) is 6.11. The van der Waals surface area contributed by atoms with Crippen LogP contribution in [0.2, 0.25) is 0 Å². The molecule has 0 radical (unpaired) electrons. The summed E-state index contributed by atoms with van der Waals surface area (Å²) in [4.78, 5) is 23.6. The molecule has 54 heavy (non-hydrogen) atoms. The number of nitrogen functional groups attached to an aromatic ring is 2. The zero-order valence-corrected chi connectivity index (χ0v) is 28.2. The van der Waals surface area contributed by atoms with E-state index in [1.165, 1.54) is 36.4 Å². The van der Waals surface area contributed by atoms with E-state index >= 15 is 0 Å². The Bertz CT molecular complexity index is 2350. The molecule has 10 N–H and O–H groups in total. The normalized spacial score (nSPS) is 11.2. The maximum absolute atomic E-state index is 12.4. The molecular weight excluding hydrogens is 759 g/mol. The summed E-state index contributed by atoms with van der Waals surface area (Å²) in [6.07, 6.45) is 2.50. The molecule has 0 atom stereocenters. The first-order valence-corrected chi connectivity index (χ1v) is 17.8. The summed E-state index contributed by atoms with van der Waals surface area (Å²) >= 11 is 0. The van der Waals surface area contributed by atoms with Crippen molar-refractivity contribution in [3.8, 4) is 0 Å². The van der Waals surface area contributed by atoms with Gasteiger partial charge in [0, 0.05) is 22.7 Å². The molecule has 0 saturated carbocycles. The first-order valence-electron chi connectivity index (χ1n) is 14.9. The third-order valence-corrected chi connectivity index (χ3v) is 8.72. The predicted octanol–water partition coefficient (Wildman–Crippen LogP) is 3.56. The number of rotatable bonds is 12. The van der Waals surface area contributed by atoms with Crippen LogP contribution in [-0.2, 0) is 20.2 Å². The quantitative estimate of drug-likeness (QED) is 0.0500. The van der Waals surface area contributed by atoms with Gasteiger partial charge in [-0.25, -0.2) is 0 Å². The van der Waals surface area contributed by atoms with E-state index in [0.29, 0.717) is 11.4 Å². The summed E-state index contributed by atoms with van der Waals surface area (Å²) in [7, 11) is -9.62. The van der Waals surface area contributed by atoms with Gasteiger partial charge in [-0.15, -0.1) is 0 Å². The second kappa shape index (κ2) is 18.1. The van der Waals surface area contributed by atoms with E-state index < -0.39 is 30.0 Å². The van der Waals surface area contributed by atoms with E-state index in [1.807, 2.05) is 36.4 Å². The molecule has 2 aromatic heterocycles. The standard InChI is InChI=1S/C32H28N12O6S2.2Na.2H/c33-27-39-29(35-21-7-3-1-4-8-21)43-31(41-27)37-23-15-13-19(25(17-23)51(45,46)47)11-12-20-14-16-24(18-26(20)52(48,49)50)38-32-42-28(34)40-30(44-32)36-22-9-5-2-6-10-22;;;;/h1-18H,(H,45,46,47)(H,48,49,50)(H4,33,35,37,39,41,43)(H4,34,36,38,40,42,44);;;;/b12-11+;;;;. The van der Waals surface area contributed by atoms with Crippen molar-refractivity contribution in [2.45, 2.75) is 9.79 Å². The Morgan fingerprint density at radius 3 is 1.09 bits per heavy atom. The molecule has 4 aromatic carbocycles. The van der Waals surface area contributed by atoms with Crippen LogP contribution in [0.1, 0.15) is 11.1 Å². The van der Waals surface area contributed by atoms with Gasteiger partial charge in [-0.2, -0.15) is 46.7 Å². The number of anilines is 10. The van der Waals surface area contributed by atoms with Gasteiger partial charge in [0.15, 0.2) is 0 Å². The second-order valence-corrected chi connectivity index (χ2v) is 13.5. The molecule has 268 valence electrons. The molecule has 2 heterocycles. The Morgan fingerprint density at radius 1 is 0.463 bits per heavy atom. The molecular formula is C32H30N12Na2O6S2. The van der Waals surface area contributed by atoms with Gasteiger partial charge in [-0.3, -0.25) is 9.11 Å². The summed E-state index contributed by atoms with van der Waals surface area (Å²) in [5, 5.41) is 11.6. The van der Waals surface area contributed by atoms with Crippen LogP contribution in [0, 0.1) is 0 Å². The molecule has 0 unspecified atom stereocenters. The minimum absolute atomic E-state index is 0. The fraction of sp³-hybridized carbons (Fsp3) is 0. The zero-order chi connectivity index (χ0) is 36.9. The van der Waals surface area contributed by atoms with Crippen LogP contribution in [0.5, 0.6) is 0 Å². The van der Waals surface area contributed by atoms with E-state index in [2.05, 4.69) is 51.2 Å². The van der Waals surface area contributed by atoms with Gasteiger partial charge in [0.1, 0.15) is 9.79 Å². The predicted molar refractivity (Wildman–Crippen MR) is 210 cm³/mol. The van der Waals surface area contributed by atoms with Crippen molar-refractivity contribution >= 4 is 150 Å². The van der Waals surface area contributed by atoms with Crippen LogP contribution >= 0.6 is 0 Å². The first-order chi connectivity index (χ1) is 24.8. The van der Waals surface area contributed by atoms with E-state index in [-0.39, 0.29) is 117 Å². The van der Waals surface area contributed by atoms with Crippen molar-refractivity contribution in [1.82, 2.24) is 29.9 Å². The van der Waals surface area contributed by atoms with Gasteiger partial charge in [0.2, 0.25) is 35.7 Å². The second-order valence-electron chi connectivity index (χ2n) is 10.7. The van der Waals surface area contributed by atoms with E-state index in [1.54, 1.807) is 24.3 Å². The van der Waals surface area contributed by atoms with Gasteiger partial charge in [-0.05, 0) is 59.7 Å². The zero-order valence-electron chi connectivity index (χ0n) is 26.6. The summed E-state index contributed by atoms with van der Waals surface area (Å²) in [5.74, 6) is -0.0500. The van der Waals surface area contributed by atoms with Crippen molar-refractivity contribution < 1.29 is 25.9 Å². The number of nitrogens with zero attached hydrogens (tertiary/aromatic N) is 6. The molecule has 0 spiro atoms. The third kappa shape index (κ3) is 11.4. The van der Waals surface area contributed by atoms with Crippen molar-refractivity contribution in [2.24, 2.45) is 0 Å². The number of nitrogens with one attached hydrogen (secondary N) is 4. The molecule has 0 fully saturated rings. The number of hydrogen-bond acceptors (Lipinski definition) is 16. The van der Waals surface area contributed by atoms with Gasteiger partial charge in [0.25, 0.3) is 20.2 Å². The fourth-order valence-electron chi connectivity index (χ4n) is 4.69. The molecule has 6 aromatic rings. The molecule has 0 aliphatic rings. The minimum atomic E-state index is -4.81. The van der Waals surface area contributed by atoms with Gasteiger partial charge in [0.05, 0.1) is 0 Å². The Morgan fingerprint density at radius 2 is 0.778 bits per heavy atom. The molecule has 6 rings (SSSR count). The number of para-hydroxylation sites is 2. The molecule has 0 bridgehead atoms. The van der Waals surface area contributed by atoms with Crippen LogP contribution in [0.3, 0.4) is 0 Å². The van der Waals surface area contributed by atoms with Crippen LogP contribution in [0.25, 0.3) is 12.2 Å². The first kappa shape index (κ1) is 42.0. The molecule has 0 saturated heterocycles. The van der Waals surface area contributed by atoms with Crippen molar-refractivity contribution in [2.75, 3.05) is 32.7 Å². The number of hydrogen-bond donors (Lipinski definition) is 8. The topological polar surface area (TPSA) is 286 Å². The summed E-state index contributed by atoms with van der Waals surface area (Å²) in [5.41, 5.74) is 13.4. The third-order valence-electron chi connectivity index (χ3n) is 6.90. The van der Waals surface area contributed by atoms with Gasteiger partial charge in [-0.1, -0.05) is 60.7 Å². The van der Waals surface area contributed by atoms with Crippen LogP contribution in [0.15, 0.2) is 107 Å². The molecule has 0 amide bonds. The number of nitrogens with two attached hydrogens (primary N) is 2. The SMILES string of the molecule is Nc1nc(Nc2ccccc2)nc(Nc2ccc(/C=C/c3ccc(Nc4nc(N)nc(Nc5ccccc5)n4)cc3S(=O)(=O)O)c(S(=O)(=O)O)c2)n1.[NaH].[NaH]. The summed E-state index contributed by atoms with van der Waals surface area (Å²) < 4.78 is 69.8. The molecule has 0 aliphatic carbocycles. The van der Waals surface area contributed by atoms with Crippen LogP contribution in [0.4, 0.5) is 58.4 Å². The van der Waals surface area contributed by atoms with Gasteiger partial charge >= 0.3 is 59.1 Å². The summed E-state index contributed by atoms with van der Waals surface area (Å²) in [6.45, 7) is 0. The number of aromatic nitrogens is 6. The summed E-state index contributed by atoms with van der Waals surface area (Å²) in [6, 6.07) is 26.0. The van der Waals surface area contributed by atoms with E-state index in [4.69, 9.17) is 11.5 Å². The Hall–Kier alpha value is -4.74. The monoisotopic (exact) mass is 788 g/mol. The average Bonchev–Trinajstić information content (AvgIpc) is 3.07. The average molecular weight is 789 g/mol. The van der Waals surface area contributed by atoms with Crippen LogP contribution in [-0.4, -0.2) is 115 Å². The van der Waals surface area contributed by atoms with Crippen molar-refractivity contribution in [3.63, 3.8) is 0 Å². The Kier molecular flexibility index (Phi) is 14.0. The van der Waals surface area contributed by atoms with Crippen molar-refractivity contribution in [3.05, 3.63) is 108 Å². The van der Waals surface area contributed by atoms with E-state index in [0.717, 1.165) is 12.1 Å². The molecule has 18 nitrogen and oxygen atoms in total. The van der Waals surface area contributed by atoms with E-state index in [9.17, 15) is 25.9 Å². The Labute approximate surface area is 353 Å². The maximum atomic E-state index is 12.4. The Balaban J connectivity index is 0.00000325. The number of benzene rings is 4. The van der Waals surface area contributed by atoms with Gasteiger partial charge < -0.3 is 32.7 Å². The molecule has 0 aliphatic heterocycles. The van der Waals surface area contributed by atoms with Crippen molar-refractivity contribution in [1.29, 1.82) is 0 Å².